The summed E-state index contributed by atoms with van der Waals surface area (Å²) in [5.74, 6) is 1.71. The minimum absolute atomic E-state index is 0.176. The van der Waals surface area contributed by atoms with Crippen LogP contribution in [0.2, 0.25) is 0 Å². The Morgan fingerprint density at radius 2 is 1.90 bits per heavy atom. The van der Waals surface area contributed by atoms with Crippen molar-refractivity contribution >= 4 is 22.9 Å². The van der Waals surface area contributed by atoms with Gasteiger partial charge in [-0.1, -0.05) is 11.6 Å². The van der Waals surface area contributed by atoms with Crippen molar-refractivity contribution in [1.82, 2.24) is 15.0 Å². The molecule has 3 aromatic rings. The van der Waals surface area contributed by atoms with Crippen molar-refractivity contribution in [3.8, 4) is 11.6 Å². The van der Waals surface area contributed by atoms with E-state index in [1.54, 1.807) is 4.90 Å². The summed E-state index contributed by atoms with van der Waals surface area (Å²) in [6.07, 6.45) is 0. The highest BCUT2D eigenvalue weighted by atomic mass is 16.3. The molecule has 0 aliphatic rings. The first-order valence-electron chi connectivity index (χ1n) is 6.22. The third kappa shape index (κ3) is 2.16. The van der Waals surface area contributed by atoms with E-state index in [1.807, 2.05) is 39.2 Å². The first kappa shape index (κ1) is 12.4. The number of nitrogens with zero attached hydrogens (tertiary/aromatic N) is 4. The summed E-state index contributed by atoms with van der Waals surface area (Å²) < 4.78 is 5.77. The van der Waals surface area contributed by atoms with Crippen LogP contribution in [0.25, 0.3) is 22.6 Å². The minimum atomic E-state index is 0.176. The molecule has 0 bridgehead atoms. The summed E-state index contributed by atoms with van der Waals surface area (Å²) in [6.45, 7) is 2.04. The normalized spacial score (nSPS) is 10.9. The number of aryl methyl sites for hydroxylation is 1. The lowest BCUT2D eigenvalue weighted by Gasteiger charge is -2.10. The van der Waals surface area contributed by atoms with Gasteiger partial charge in [-0.25, -0.2) is 0 Å². The Hall–Kier alpha value is -2.63. The van der Waals surface area contributed by atoms with Gasteiger partial charge in [0.15, 0.2) is 5.76 Å². The van der Waals surface area contributed by atoms with Crippen molar-refractivity contribution in [2.75, 3.05) is 24.7 Å². The average molecular weight is 269 g/mol. The highest BCUT2D eigenvalue weighted by Crippen LogP contribution is 2.27. The van der Waals surface area contributed by atoms with Gasteiger partial charge in [-0.15, -0.1) is 0 Å². The van der Waals surface area contributed by atoms with E-state index in [4.69, 9.17) is 10.2 Å². The summed E-state index contributed by atoms with van der Waals surface area (Å²) in [7, 11) is 3.70. The molecule has 1 aromatic carbocycles. The lowest BCUT2D eigenvalue weighted by Crippen LogP contribution is -2.15. The molecule has 20 heavy (non-hydrogen) atoms. The van der Waals surface area contributed by atoms with Crippen LogP contribution in [0.15, 0.2) is 28.7 Å². The fourth-order valence-corrected chi connectivity index (χ4v) is 1.96. The number of furan rings is 1. The molecule has 6 heteroatoms. The van der Waals surface area contributed by atoms with E-state index in [0.717, 1.165) is 11.0 Å². The molecule has 102 valence electrons. The van der Waals surface area contributed by atoms with Gasteiger partial charge in [0.2, 0.25) is 17.7 Å². The van der Waals surface area contributed by atoms with Crippen LogP contribution in [0.5, 0.6) is 0 Å². The highest BCUT2D eigenvalue weighted by Gasteiger charge is 2.12. The van der Waals surface area contributed by atoms with Gasteiger partial charge in [0, 0.05) is 19.5 Å². The van der Waals surface area contributed by atoms with Crippen molar-refractivity contribution < 1.29 is 4.42 Å². The topological polar surface area (TPSA) is 81.1 Å². The summed E-state index contributed by atoms with van der Waals surface area (Å²) in [4.78, 5) is 14.3. The molecule has 0 aliphatic carbocycles. The fraction of sp³-hybridized carbons (Fsp3) is 0.214. The zero-order valence-electron chi connectivity index (χ0n) is 11.6. The molecule has 6 nitrogen and oxygen atoms in total. The Morgan fingerprint density at radius 1 is 1.10 bits per heavy atom. The van der Waals surface area contributed by atoms with Gasteiger partial charge in [-0.05, 0) is 25.1 Å². The number of anilines is 2. The maximum absolute atomic E-state index is 5.77. The Balaban J connectivity index is 2.15. The van der Waals surface area contributed by atoms with Crippen molar-refractivity contribution in [2.45, 2.75) is 6.92 Å². The SMILES string of the molecule is Cc1ccc2oc(-c3nc(N)nc(N(C)C)n3)cc2c1. The molecule has 2 aromatic heterocycles. The largest absolute Gasteiger partial charge is 0.453 e. The summed E-state index contributed by atoms with van der Waals surface area (Å²) in [5.41, 5.74) is 7.70. The number of rotatable bonds is 2. The predicted octanol–water partition coefficient (Wildman–Crippen LogP) is 2.24. The second-order valence-electron chi connectivity index (χ2n) is 4.86. The molecule has 0 saturated heterocycles. The Labute approximate surface area is 116 Å². The summed E-state index contributed by atoms with van der Waals surface area (Å²) in [5, 5.41) is 1.02. The molecule has 3 rings (SSSR count). The van der Waals surface area contributed by atoms with Crippen LogP contribution in [-0.4, -0.2) is 29.0 Å². The van der Waals surface area contributed by atoms with E-state index in [1.165, 1.54) is 5.56 Å². The van der Waals surface area contributed by atoms with E-state index < -0.39 is 0 Å². The first-order chi connectivity index (χ1) is 9.52. The Morgan fingerprint density at radius 3 is 2.65 bits per heavy atom. The quantitative estimate of drug-likeness (QED) is 0.768. The van der Waals surface area contributed by atoms with E-state index >= 15 is 0 Å². The lowest BCUT2D eigenvalue weighted by atomic mass is 10.2. The second kappa shape index (κ2) is 4.48. The lowest BCUT2D eigenvalue weighted by molar-refractivity contribution is 0.624. The molecule has 0 radical (unpaired) electrons. The number of nitrogen functional groups attached to an aromatic ring is 1. The second-order valence-corrected chi connectivity index (χ2v) is 4.86. The first-order valence-corrected chi connectivity index (χ1v) is 6.22. The molecule has 0 fully saturated rings. The van der Waals surface area contributed by atoms with E-state index in [0.29, 0.717) is 17.5 Å². The van der Waals surface area contributed by atoms with Crippen LogP contribution in [0.3, 0.4) is 0 Å². The smallest absolute Gasteiger partial charge is 0.230 e. The molecule has 0 aliphatic heterocycles. The summed E-state index contributed by atoms with van der Waals surface area (Å²) >= 11 is 0. The van der Waals surface area contributed by atoms with Gasteiger partial charge in [0.1, 0.15) is 5.58 Å². The van der Waals surface area contributed by atoms with Crippen molar-refractivity contribution in [3.05, 3.63) is 29.8 Å². The molecule has 2 N–H and O–H groups in total. The zero-order valence-corrected chi connectivity index (χ0v) is 11.6. The Kier molecular flexibility index (Phi) is 2.78. The number of hydrogen-bond donors (Lipinski definition) is 1. The maximum atomic E-state index is 5.77. The highest BCUT2D eigenvalue weighted by molar-refractivity contribution is 5.82. The number of benzene rings is 1. The maximum Gasteiger partial charge on any atom is 0.230 e. The molecule has 0 atom stereocenters. The van der Waals surface area contributed by atoms with Gasteiger partial charge in [-0.3, -0.25) is 0 Å². The third-order valence-electron chi connectivity index (χ3n) is 2.93. The van der Waals surface area contributed by atoms with Crippen LogP contribution in [-0.2, 0) is 0 Å². The predicted molar refractivity (Wildman–Crippen MR) is 78.5 cm³/mol. The number of fused-ring (bicyclic) bond motifs is 1. The molecule has 0 unspecified atom stereocenters. The van der Waals surface area contributed by atoms with Gasteiger partial charge in [-0.2, -0.15) is 15.0 Å². The van der Waals surface area contributed by atoms with Crippen molar-refractivity contribution in [3.63, 3.8) is 0 Å². The van der Waals surface area contributed by atoms with Crippen molar-refractivity contribution in [2.24, 2.45) is 0 Å². The third-order valence-corrected chi connectivity index (χ3v) is 2.93. The van der Waals surface area contributed by atoms with Crippen LogP contribution in [0.4, 0.5) is 11.9 Å². The molecule has 0 spiro atoms. The molecular formula is C14H15N5O. The van der Waals surface area contributed by atoms with Crippen molar-refractivity contribution in [1.29, 1.82) is 0 Å². The van der Waals surface area contributed by atoms with E-state index in [-0.39, 0.29) is 5.95 Å². The van der Waals surface area contributed by atoms with Gasteiger partial charge in [0.05, 0.1) is 0 Å². The van der Waals surface area contributed by atoms with E-state index in [2.05, 4.69) is 21.0 Å². The number of aromatic nitrogens is 3. The average Bonchev–Trinajstić information content (AvgIpc) is 2.80. The molecular weight excluding hydrogens is 254 g/mol. The fourth-order valence-electron chi connectivity index (χ4n) is 1.96. The van der Waals surface area contributed by atoms with Crippen LogP contribution in [0.1, 0.15) is 5.56 Å². The number of nitrogens with two attached hydrogens (primary N) is 1. The van der Waals surface area contributed by atoms with Crippen LogP contribution >= 0.6 is 0 Å². The zero-order chi connectivity index (χ0) is 14.3. The van der Waals surface area contributed by atoms with Gasteiger partial charge in [0.25, 0.3) is 0 Å². The van der Waals surface area contributed by atoms with E-state index in [9.17, 15) is 0 Å². The van der Waals surface area contributed by atoms with Crippen LogP contribution in [0, 0.1) is 6.92 Å². The standard InChI is InChI=1S/C14H15N5O/c1-8-4-5-10-9(6-8)7-11(20-10)12-16-13(15)18-14(17-12)19(2)3/h4-7H,1-3H3,(H2,15,16,17,18). The molecule has 0 amide bonds. The Bertz CT molecular complexity index is 778. The summed E-state index contributed by atoms with van der Waals surface area (Å²) in [6, 6.07) is 7.91. The van der Waals surface area contributed by atoms with Gasteiger partial charge >= 0.3 is 0 Å². The van der Waals surface area contributed by atoms with Gasteiger partial charge < -0.3 is 15.1 Å². The molecule has 2 heterocycles. The van der Waals surface area contributed by atoms with Crippen LogP contribution < -0.4 is 10.6 Å². The molecule has 0 saturated carbocycles. The number of hydrogen-bond acceptors (Lipinski definition) is 6. The monoisotopic (exact) mass is 269 g/mol. The minimum Gasteiger partial charge on any atom is -0.453 e.